The van der Waals surface area contributed by atoms with Gasteiger partial charge in [0.15, 0.2) is 0 Å². The predicted octanol–water partition coefficient (Wildman–Crippen LogP) is 1.12. The number of hydrogen-bond donors (Lipinski definition) is 1. The van der Waals surface area contributed by atoms with Crippen molar-refractivity contribution in [3.63, 3.8) is 0 Å². The van der Waals surface area contributed by atoms with Gasteiger partial charge in [-0.2, -0.15) is 0 Å². The van der Waals surface area contributed by atoms with Gasteiger partial charge >= 0.3 is 0 Å². The summed E-state index contributed by atoms with van der Waals surface area (Å²) in [6.07, 6.45) is 0.873. The summed E-state index contributed by atoms with van der Waals surface area (Å²) in [5, 5.41) is 0. The van der Waals surface area contributed by atoms with Crippen molar-refractivity contribution in [3.8, 4) is 0 Å². The molecule has 0 aromatic heterocycles. The quantitative estimate of drug-likeness (QED) is 0.846. The molecule has 4 nitrogen and oxygen atoms in total. The van der Waals surface area contributed by atoms with Crippen molar-refractivity contribution >= 4 is 11.8 Å². The minimum Gasteiger partial charge on any atom is -0.368 e. The molecule has 0 saturated heterocycles. The van der Waals surface area contributed by atoms with Gasteiger partial charge in [0.05, 0.1) is 6.54 Å². The van der Waals surface area contributed by atoms with Gasteiger partial charge < -0.3 is 10.6 Å². The second kappa shape index (κ2) is 5.21. The normalized spacial score (nSPS) is 21.4. The van der Waals surface area contributed by atoms with Crippen LogP contribution in [0.4, 0.5) is 0 Å². The minimum atomic E-state index is -0.456. The summed E-state index contributed by atoms with van der Waals surface area (Å²) >= 11 is 0. The SMILES string of the molecule is CCN(CC(N)=O)C(=O)[C@H]1C[C@@H]1c1ccccc1. The number of nitrogens with zero attached hydrogens (tertiary/aromatic N) is 1. The van der Waals surface area contributed by atoms with E-state index in [-0.39, 0.29) is 18.4 Å². The lowest BCUT2D eigenvalue weighted by Gasteiger charge is -2.19. The zero-order chi connectivity index (χ0) is 13.1. The fourth-order valence-electron chi connectivity index (χ4n) is 2.30. The van der Waals surface area contributed by atoms with Crippen molar-refractivity contribution in [3.05, 3.63) is 35.9 Å². The maximum absolute atomic E-state index is 12.2. The Balaban J connectivity index is 1.98. The summed E-state index contributed by atoms with van der Waals surface area (Å²) in [6, 6.07) is 10.0. The van der Waals surface area contributed by atoms with E-state index in [4.69, 9.17) is 5.73 Å². The van der Waals surface area contributed by atoms with E-state index in [0.717, 1.165) is 6.42 Å². The summed E-state index contributed by atoms with van der Waals surface area (Å²) in [4.78, 5) is 24.6. The highest BCUT2D eigenvalue weighted by molar-refractivity contribution is 5.87. The second-order valence-electron chi connectivity index (χ2n) is 4.68. The standard InChI is InChI=1S/C14H18N2O2/c1-2-16(9-13(15)17)14(18)12-8-11(12)10-6-4-3-5-7-10/h3-7,11-12H,2,8-9H2,1H3,(H2,15,17)/t11-,12+/m1/s1. The summed E-state index contributed by atoms with van der Waals surface area (Å²) < 4.78 is 0. The smallest absolute Gasteiger partial charge is 0.237 e. The van der Waals surface area contributed by atoms with Gasteiger partial charge in [-0.25, -0.2) is 0 Å². The van der Waals surface area contributed by atoms with Crippen LogP contribution >= 0.6 is 0 Å². The molecule has 2 rings (SSSR count). The van der Waals surface area contributed by atoms with Crippen LogP contribution in [0.1, 0.15) is 24.8 Å². The number of primary amides is 1. The van der Waals surface area contributed by atoms with Crippen molar-refractivity contribution in [2.24, 2.45) is 11.7 Å². The van der Waals surface area contributed by atoms with E-state index in [2.05, 4.69) is 0 Å². The highest BCUT2D eigenvalue weighted by Crippen LogP contribution is 2.48. The molecule has 1 aromatic rings. The van der Waals surface area contributed by atoms with Crippen molar-refractivity contribution in [1.29, 1.82) is 0 Å². The number of rotatable bonds is 5. The predicted molar refractivity (Wildman–Crippen MR) is 68.7 cm³/mol. The average molecular weight is 246 g/mol. The molecule has 2 N–H and O–H groups in total. The fraction of sp³-hybridized carbons (Fsp3) is 0.429. The van der Waals surface area contributed by atoms with Gasteiger partial charge in [0.1, 0.15) is 0 Å². The zero-order valence-corrected chi connectivity index (χ0v) is 10.5. The van der Waals surface area contributed by atoms with Crippen LogP contribution < -0.4 is 5.73 Å². The third-order valence-corrected chi connectivity index (χ3v) is 3.38. The molecule has 4 heteroatoms. The molecule has 1 aliphatic rings. The first-order valence-corrected chi connectivity index (χ1v) is 6.25. The molecule has 96 valence electrons. The first-order chi connectivity index (χ1) is 8.63. The first kappa shape index (κ1) is 12.6. The number of benzene rings is 1. The number of likely N-dealkylation sites (N-methyl/N-ethyl adjacent to an activating group) is 1. The molecule has 1 aliphatic carbocycles. The Hall–Kier alpha value is -1.84. The summed E-state index contributed by atoms with van der Waals surface area (Å²) in [5.74, 6) is -0.0837. The highest BCUT2D eigenvalue weighted by Gasteiger charge is 2.45. The monoisotopic (exact) mass is 246 g/mol. The van der Waals surface area contributed by atoms with Gasteiger partial charge in [0.25, 0.3) is 0 Å². The molecular weight excluding hydrogens is 228 g/mol. The van der Waals surface area contributed by atoms with Crippen LogP contribution in [0.5, 0.6) is 0 Å². The van der Waals surface area contributed by atoms with Crippen molar-refractivity contribution < 1.29 is 9.59 Å². The summed E-state index contributed by atoms with van der Waals surface area (Å²) in [5.41, 5.74) is 6.34. The number of carbonyl (C=O) groups excluding carboxylic acids is 2. The van der Waals surface area contributed by atoms with Crippen LogP contribution in [0.2, 0.25) is 0 Å². The Labute approximate surface area is 107 Å². The molecule has 0 aliphatic heterocycles. The van der Waals surface area contributed by atoms with E-state index in [1.54, 1.807) is 0 Å². The number of nitrogens with two attached hydrogens (primary N) is 1. The fourth-order valence-corrected chi connectivity index (χ4v) is 2.30. The second-order valence-corrected chi connectivity index (χ2v) is 4.68. The lowest BCUT2D eigenvalue weighted by molar-refractivity contribution is -0.136. The molecule has 18 heavy (non-hydrogen) atoms. The van der Waals surface area contributed by atoms with E-state index in [1.807, 2.05) is 37.3 Å². The maximum atomic E-state index is 12.2. The maximum Gasteiger partial charge on any atom is 0.237 e. The molecule has 1 aromatic carbocycles. The van der Waals surface area contributed by atoms with Crippen molar-refractivity contribution in [1.82, 2.24) is 4.90 Å². The topological polar surface area (TPSA) is 63.4 Å². The molecule has 0 heterocycles. The summed E-state index contributed by atoms with van der Waals surface area (Å²) in [7, 11) is 0. The van der Waals surface area contributed by atoms with E-state index < -0.39 is 5.91 Å². The summed E-state index contributed by atoms with van der Waals surface area (Å²) in [6.45, 7) is 2.41. The number of hydrogen-bond acceptors (Lipinski definition) is 2. The Morgan fingerprint density at radius 3 is 2.56 bits per heavy atom. The van der Waals surface area contributed by atoms with Gasteiger partial charge in [-0.3, -0.25) is 9.59 Å². The molecule has 1 fully saturated rings. The van der Waals surface area contributed by atoms with E-state index >= 15 is 0 Å². The zero-order valence-electron chi connectivity index (χ0n) is 10.5. The van der Waals surface area contributed by atoms with Crippen LogP contribution in [0.15, 0.2) is 30.3 Å². The molecule has 2 atom stereocenters. The van der Waals surface area contributed by atoms with Crippen LogP contribution in [0.25, 0.3) is 0 Å². The van der Waals surface area contributed by atoms with Crippen LogP contribution in [-0.4, -0.2) is 29.8 Å². The Morgan fingerprint density at radius 2 is 2.00 bits per heavy atom. The molecular formula is C14H18N2O2. The van der Waals surface area contributed by atoms with E-state index in [0.29, 0.717) is 12.5 Å². The Kier molecular flexibility index (Phi) is 3.65. The van der Waals surface area contributed by atoms with Gasteiger partial charge in [0, 0.05) is 12.5 Å². The van der Waals surface area contributed by atoms with E-state index in [1.165, 1.54) is 10.5 Å². The van der Waals surface area contributed by atoms with E-state index in [9.17, 15) is 9.59 Å². The molecule has 1 saturated carbocycles. The van der Waals surface area contributed by atoms with Gasteiger partial charge in [-0.1, -0.05) is 30.3 Å². The highest BCUT2D eigenvalue weighted by atomic mass is 16.2. The van der Waals surface area contributed by atoms with Gasteiger partial charge in [-0.05, 0) is 24.8 Å². The minimum absolute atomic E-state index is 0.0201. The average Bonchev–Trinajstić information content (AvgIpc) is 3.16. The molecule has 2 amide bonds. The van der Waals surface area contributed by atoms with Gasteiger partial charge in [-0.15, -0.1) is 0 Å². The molecule has 0 bridgehead atoms. The third kappa shape index (κ3) is 2.70. The van der Waals surface area contributed by atoms with Crippen LogP contribution in [0, 0.1) is 5.92 Å². The first-order valence-electron chi connectivity index (χ1n) is 6.25. The molecule has 0 radical (unpaired) electrons. The molecule has 0 spiro atoms. The number of amides is 2. The van der Waals surface area contributed by atoms with Gasteiger partial charge in [0.2, 0.25) is 11.8 Å². The van der Waals surface area contributed by atoms with Crippen molar-refractivity contribution in [2.45, 2.75) is 19.3 Å². The third-order valence-electron chi connectivity index (χ3n) is 3.38. The number of carbonyl (C=O) groups is 2. The molecule has 0 unspecified atom stereocenters. The Bertz CT molecular complexity index is 444. The van der Waals surface area contributed by atoms with Crippen molar-refractivity contribution in [2.75, 3.05) is 13.1 Å². The van der Waals surface area contributed by atoms with Crippen LogP contribution in [0.3, 0.4) is 0 Å². The largest absolute Gasteiger partial charge is 0.368 e. The lowest BCUT2D eigenvalue weighted by Crippen LogP contribution is -2.39. The lowest BCUT2D eigenvalue weighted by atomic mass is 10.1. The van der Waals surface area contributed by atoms with Crippen LogP contribution in [-0.2, 0) is 9.59 Å². The Morgan fingerprint density at radius 1 is 1.33 bits per heavy atom.